The Bertz CT molecular complexity index is 561. The zero-order valence-electron chi connectivity index (χ0n) is 11.3. The molecule has 0 amide bonds. The average molecular weight is 277 g/mol. The molecule has 0 fully saturated rings. The van der Waals surface area contributed by atoms with Gasteiger partial charge in [-0.15, -0.1) is 0 Å². The number of ether oxygens (including phenoxy) is 1. The predicted octanol–water partition coefficient (Wildman–Crippen LogP) is 3.86. The molecule has 4 heteroatoms. The highest BCUT2D eigenvalue weighted by Gasteiger charge is 2.07. The SMILES string of the molecule is CNCc1cnccc1Oc1cc(C)c(Cl)c(C)c1. The van der Waals surface area contributed by atoms with Gasteiger partial charge in [0, 0.05) is 29.5 Å². The Balaban J connectivity index is 2.31. The molecule has 0 bridgehead atoms. The van der Waals surface area contributed by atoms with Gasteiger partial charge in [0.2, 0.25) is 0 Å². The zero-order chi connectivity index (χ0) is 13.8. The lowest BCUT2D eigenvalue weighted by Crippen LogP contribution is -2.06. The van der Waals surface area contributed by atoms with E-state index in [0.717, 1.165) is 33.2 Å². The first kappa shape index (κ1) is 13.8. The monoisotopic (exact) mass is 276 g/mol. The van der Waals surface area contributed by atoms with Gasteiger partial charge in [0.05, 0.1) is 0 Å². The topological polar surface area (TPSA) is 34.2 Å². The number of aromatic nitrogens is 1. The molecule has 0 saturated carbocycles. The number of benzene rings is 1. The molecule has 0 aliphatic carbocycles. The minimum absolute atomic E-state index is 0.717. The van der Waals surface area contributed by atoms with Gasteiger partial charge in [-0.2, -0.15) is 0 Å². The third-order valence-electron chi connectivity index (χ3n) is 2.86. The number of hydrogen-bond donors (Lipinski definition) is 1. The second-order valence-corrected chi connectivity index (χ2v) is 4.86. The van der Waals surface area contributed by atoms with Crippen molar-refractivity contribution in [3.8, 4) is 11.5 Å². The smallest absolute Gasteiger partial charge is 0.134 e. The second-order valence-electron chi connectivity index (χ2n) is 4.49. The lowest BCUT2D eigenvalue weighted by Gasteiger charge is -2.12. The van der Waals surface area contributed by atoms with Crippen molar-refractivity contribution in [1.82, 2.24) is 10.3 Å². The Morgan fingerprint density at radius 1 is 1.26 bits per heavy atom. The molecule has 0 aliphatic rings. The maximum atomic E-state index is 6.16. The van der Waals surface area contributed by atoms with Crippen molar-refractivity contribution in [1.29, 1.82) is 0 Å². The van der Waals surface area contributed by atoms with E-state index in [4.69, 9.17) is 16.3 Å². The van der Waals surface area contributed by atoms with Crippen LogP contribution in [0.4, 0.5) is 0 Å². The van der Waals surface area contributed by atoms with Crippen LogP contribution in [0.5, 0.6) is 11.5 Å². The third-order valence-corrected chi connectivity index (χ3v) is 3.46. The van der Waals surface area contributed by atoms with Crippen molar-refractivity contribution >= 4 is 11.6 Å². The van der Waals surface area contributed by atoms with Gasteiger partial charge in [0.25, 0.3) is 0 Å². The summed E-state index contributed by atoms with van der Waals surface area (Å²) in [6.07, 6.45) is 3.53. The summed E-state index contributed by atoms with van der Waals surface area (Å²) in [7, 11) is 1.90. The van der Waals surface area contributed by atoms with Crippen molar-refractivity contribution in [2.75, 3.05) is 7.05 Å². The Morgan fingerprint density at radius 2 is 1.95 bits per heavy atom. The Labute approximate surface area is 118 Å². The molecule has 1 aromatic carbocycles. The molecule has 19 heavy (non-hydrogen) atoms. The van der Waals surface area contributed by atoms with Gasteiger partial charge in [-0.1, -0.05) is 11.6 Å². The summed E-state index contributed by atoms with van der Waals surface area (Å²) in [4.78, 5) is 4.11. The molecule has 0 spiro atoms. The summed E-state index contributed by atoms with van der Waals surface area (Å²) in [5.41, 5.74) is 3.05. The van der Waals surface area contributed by atoms with Crippen LogP contribution in [-0.2, 0) is 6.54 Å². The van der Waals surface area contributed by atoms with Gasteiger partial charge in [-0.05, 0) is 50.2 Å². The van der Waals surface area contributed by atoms with Gasteiger partial charge in [0.15, 0.2) is 0 Å². The van der Waals surface area contributed by atoms with Crippen LogP contribution in [0, 0.1) is 13.8 Å². The fourth-order valence-corrected chi connectivity index (χ4v) is 2.04. The second kappa shape index (κ2) is 6.04. The minimum Gasteiger partial charge on any atom is -0.457 e. The van der Waals surface area contributed by atoms with E-state index in [0.29, 0.717) is 6.54 Å². The van der Waals surface area contributed by atoms with Crippen LogP contribution in [-0.4, -0.2) is 12.0 Å². The number of rotatable bonds is 4. The molecular weight excluding hydrogens is 260 g/mol. The molecule has 0 radical (unpaired) electrons. The first-order valence-electron chi connectivity index (χ1n) is 6.14. The molecule has 1 N–H and O–H groups in total. The van der Waals surface area contributed by atoms with E-state index in [1.165, 1.54) is 0 Å². The number of nitrogens with one attached hydrogen (secondary N) is 1. The van der Waals surface area contributed by atoms with Gasteiger partial charge >= 0.3 is 0 Å². The summed E-state index contributed by atoms with van der Waals surface area (Å²) in [5, 5.41) is 3.89. The van der Waals surface area contributed by atoms with E-state index in [1.54, 1.807) is 6.20 Å². The molecular formula is C15H17ClN2O. The molecule has 1 aromatic heterocycles. The molecule has 0 aliphatic heterocycles. The minimum atomic E-state index is 0.717. The standard InChI is InChI=1S/C15H17ClN2O/c1-10-6-13(7-11(2)15(10)16)19-14-4-5-18-9-12(14)8-17-3/h4-7,9,17H,8H2,1-3H3. The highest BCUT2D eigenvalue weighted by Crippen LogP contribution is 2.30. The normalized spacial score (nSPS) is 10.5. The quantitative estimate of drug-likeness (QED) is 0.921. The van der Waals surface area contributed by atoms with Crippen molar-refractivity contribution in [3.05, 3.63) is 52.3 Å². The summed E-state index contributed by atoms with van der Waals surface area (Å²) in [6, 6.07) is 5.75. The van der Waals surface area contributed by atoms with E-state index in [2.05, 4.69) is 10.3 Å². The van der Waals surface area contributed by atoms with Crippen LogP contribution in [0.25, 0.3) is 0 Å². The van der Waals surface area contributed by atoms with E-state index in [9.17, 15) is 0 Å². The van der Waals surface area contributed by atoms with Gasteiger partial charge in [-0.3, -0.25) is 4.98 Å². The summed E-state index contributed by atoms with van der Waals surface area (Å²) < 4.78 is 5.94. The maximum absolute atomic E-state index is 6.16. The predicted molar refractivity (Wildman–Crippen MR) is 78.0 cm³/mol. The molecule has 3 nitrogen and oxygen atoms in total. The highest BCUT2D eigenvalue weighted by molar-refractivity contribution is 6.32. The highest BCUT2D eigenvalue weighted by atomic mass is 35.5. The number of pyridine rings is 1. The van der Waals surface area contributed by atoms with Crippen LogP contribution in [0.1, 0.15) is 16.7 Å². The summed E-state index contributed by atoms with van der Waals surface area (Å²) >= 11 is 6.16. The molecule has 2 aromatic rings. The molecule has 2 rings (SSSR count). The fraction of sp³-hybridized carbons (Fsp3) is 0.267. The van der Waals surface area contributed by atoms with E-state index in [1.807, 2.05) is 45.3 Å². The number of hydrogen-bond acceptors (Lipinski definition) is 3. The number of aryl methyl sites for hydroxylation is 2. The summed E-state index contributed by atoms with van der Waals surface area (Å²) in [6.45, 7) is 4.67. The van der Waals surface area contributed by atoms with Crippen LogP contribution < -0.4 is 10.1 Å². The Hall–Kier alpha value is -1.58. The van der Waals surface area contributed by atoms with Crippen molar-refractivity contribution in [2.45, 2.75) is 20.4 Å². The van der Waals surface area contributed by atoms with Crippen molar-refractivity contribution < 1.29 is 4.74 Å². The fourth-order valence-electron chi connectivity index (χ4n) is 1.93. The average Bonchev–Trinajstić information content (AvgIpc) is 2.38. The van der Waals surface area contributed by atoms with Crippen LogP contribution in [0.15, 0.2) is 30.6 Å². The lowest BCUT2D eigenvalue weighted by molar-refractivity contribution is 0.472. The molecule has 1 heterocycles. The van der Waals surface area contributed by atoms with Crippen molar-refractivity contribution in [2.24, 2.45) is 0 Å². The van der Waals surface area contributed by atoms with Crippen LogP contribution >= 0.6 is 11.6 Å². The van der Waals surface area contributed by atoms with E-state index in [-0.39, 0.29) is 0 Å². The molecule has 0 atom stereocenters. The van der Waals surface area contributed by atoms with Crippen LogP contribution in [0.3, 0.4) is 0 Å². The lowest BCUT2D eigenvalue weighted by atomic mass is 10.1. The molecule has 100 valence electrons. The third kappa shape index (κ3) is 3.25. The van der Waals surface area contributed by atoms with Gasteiger partial charge < -0.3 is 10.1 Å². The Morgan fingerprint density at radius 3 is 2.58 bits per heavy atom. The van der Waals surface area contributed by atoms with Gasteiger partial charge in [0.1, 0.15) is 11.5 Å². The molecule has 0 unspecified atom stereocenters. The first-order chi connectivity index (χ1) is 9.11. The van der Waals surface area contributed by atoms with E-state index >= 15 is 0 Å². The Kier molecular flexibility index (Phi) is 4.40. The number of nitrogens with zero attached hydrogens (tertiary/aromatic N) is 1. The number of halogens is 1. The van der Waals surface area contributed by atoms with Crippen LogP contribution in [0.2, 0.25) is 5.02 Å². The first-order valence-corrected chi connectivity index (χ1v) is 6.51. The zero-order valence-corrected chi connectivity index (χ0v) is 12.1. The van der Waals surface area contributed by atoms with Gasteiger partial charge in [-0.25, -0.2) is 0 Å². The maximum Gasteiger partial charge on any atom is 0.134 e. The van der Waals surface area contributed by atoms with E-state index < -0.39 is 0 Å². The van der Waals surface area contributed by atoms with Crippen molar-refractivity contribution in [3.63, 3.8) is 0 Å². The largest absolute Gasteiger partial charge is 0.457 e. The summed E-state index contributed by atoms with van der Waals surface area (Å²) in [5.74, 6) is 1.61. The molecule has 0 saturated heterocycles.